The maximum absolute atomic E-state index is 3.68. The predicted octanol–water partition coefficient (Wildman–Crippen LogP) is 2.04. The van der Waals surface area contributed by atoms with Gasteiger partial charge >= 0.3 is 0 Å². The summed E-state index contributed by atoms with van der Waals surface area (Å²) in [5, 5.41) is 3.68. The van der Waals surface area contributed by atoms with Crippen LogP contribution in [0.1, 0.15) is 24.9 Å². The molecule has 2 rings (SSSR count). The molecule has 1 N–H and O–H groups in total. The molecule has 1 saturated heterocycles. The van der Waals surface area contributed by atoms with E-state index < -0.39 is 0 Å². The molecule has 82 valence electrons. The Bertz CT molecular complexity index is 297. The Balaban J connectivity index is 1.90. The second kappa shape index (κ2) is 4.77. The van der Waals surface area contributed by atoms with Crippen LogP contribution in [0.4, 0.5) is 0 Å². The van der Waals surface area contributed by atoms with Crippen molar-refractivity contribution in [2.75, 3.05) is 20.1 Å². The summed E-state index contributed by atoms with van der Waals surface area (Å²) < 4.78 is 0. The Hall–Kier alpha value is -0.860. The van der Waals surface area contributed by atoms with Crippen LogP contribution in [0.5, 0.6) is 0 Å². The third kappa shape index (κ3) is 2.80. The van der Waals surface area contributed by atoms with Gasteiger partial charge in [0.15, 0.2) is 0 Å². The van der Waals surface area contributed by atoms with E-state index in [2.05, 4.69) is 54.5 Å². The van der Waals surface area contributed by atoms with Crippen molar-refractivity contribution in [1.82, 2.24) is 10.2 Å². The highest BCUT2D eigenvalue weighted by Gasteiger charge is 2.20. The molecule has 0 aliphatic carbocycles. The van der Waals surface area contributed by atoms with Crippen molar-refractivity contribution in [2.24, 2.45) is 0 Å². The van der Waals surface area contributed by atoms with E-state index in [4.69, 9.17) is 0 Å². The number of hydrogen-bond acceptors (Lipinski definition) is 2. The topological polar surface area (TPSA) is 15.3 Å². The van der Waals surface area contributed by atoms with E-state index in [1.54, 1.807) is 0 Å². The summed E-state index contributed by atoms with van der Waals surface area (Å²) in [5.41, 5.74) is 1.38. The Morgan fingerprint density at radius 3 is 2.67 bits per heavy atom. The SMILES string of the molecule is C[C@@H](N[C@@H]1CCN(C)C1)c1ccccc1. The molecule has 0 radical (unpaired) electrons. The van der Waals surface area contributed by atoms with Crippen LogP contribution in [0.3, 0.4) is 0 Å². The van der Waals surface area contributed by atoms with Gasteiger partial charge in [-0.05, 0) is 32.5 Å². The summed E-state index contributed by atoms with van der Waals surface area (Å²) >= 11 is 0. The van der Waals surface area contributed by atoms with Crippen LogP contribution >= 0.6 is 0 Å². The van der Waals surface area contributed by atoms with Gasteiger partial charge in [0.2, 0.25) is 0 Å². The lowest BCUT2D eigenvalue weighted by Gasteiger charge is -2.19. The smallest absolute Gasteiger partial charge is 0.0294 e. The molecule has 0 bridgehead atoms. The molecule has 2 heteroatoms. The minimum Gasteiger partial charge on any atom is -0.306 e. The van der Waals surface area contributed by atoms with Crippen molar-refractivity contribution in [3.63, 3.8) is 0 Å². The van der Waals surface area contributed by atoms with Gasteiger partial charge in [-0.3, -0.25) is 0 Å². The molecule has 2 atom stereocenters. The van der Waals surface area contributed by atoms with E-state index in [-0.39, 0.29) is 0 Å². The van der Waals surface area contributed by atoms with Crippen molar-refractivity contribution >= 4 is 0 Å². The van der Waals surface area contributed by atoms with Crippen molar-refractivity contribution in [1.29, 1.82) is 0 Å². The van der Waals surface area contributed by atoms with E-state index in [0.717, 1.165) is 0 Å². The van der Waals surface area contributed by atoms with Crippen LogP contribution in [-0.4, -0.2) is 31.1 Å². The van der Waals surface area contributed by atoms with Gasteiger partial charge in [-0.2, -0.15) is 0 Å². The molecular formula is C13H20N2. The lowest BCUT2D eigenvalue weighted by atomic mass is 10.1. The largest absolute Gasteiger partial charge is 0.306 e. The lowest BCUT2D eigenvalue weighted by Crippen LogP contribution is -2.33. The van der Waals surface area contributed by atoms with Gasteiger partial charge in [0.1, 0.15) is 0 Å². The first-order valence-electron chi connectivity index (χ1n) is 5.75. The van der Waals surface area contributed by atoms with E-state index in [0.29, 0.717) is 12.1 Å². The van der Waals surface area contributed by atoms with Gasteiger partial charge in [-0.1, -0.05) is 30.3 Å². The second-order valence-electron chi connectivity index (χ2n) is 4.55. The van der Waals surface area contributed by atoms with Crippen molar-refractivity contribution in [2.45, 2.75) is 25.4 Å². The average Bonchev–Trinajstić information content (AvgIpc) is 2.65. The number of likely N-dealkylation sites (N-methyl/N-ethyl adjacent to an activating group) is 1. The van der Waals surface area contributed by atoms with Gasteiger partial charge in [-0.25, -0.2) is 0 Å². The van der Waals surface area contributed by atoms with Crippen LogP contribution in [-0.2, 0) is 0 Å². The van der Waals surface area contributed by atoms with Crippen LogP contribution in [0.15, 0.2) is 30.3 Å². The van der Waals surface area contributed by atoms with Gasteiger partial charge < -0.3 is 10.2 Å². The van der Waals surface area contributed by atoms with Crippen LogP contribution in [0.25, 0.3) is 0 Å². The number of hydrogen-bond donors (Lipinski definition) is 1. The zero-order valence-electron chi connectivity index (χ0n) is 9.61. The van der Waals surface area contributed by atoms with E-state index >= 15 is 0 Å². The number of benzene rings is 1. The fourth-order valence-corrected chi connectivity index (χ4v) is 2.26. The average molecular weight is 204 g/mol. The Morgan fingerprint density at radius 1 is 1.33 bits per heavy atom. The van der Waals surface area contributed by atoms with Gasteiger partial charge in [0.25, 0.3) is 0 Å². The number of nitrogens with one attached hydrogen (secondary N) is 1. The second-order valence-corrected chi connectivity index (χ2v) is 4.55. The molecule has 15 heavy (non-hydrogen) atoms. The normalized spacial score (nSPS) is 24.3. The Kier molecular flexibility index (Phi) is 3.39. The van der Waals surface area contributed by atoms with Crippen LogP contribution < -0.4 is 5.32 Å². The molecule has 0 unspecified atom stereocenters. The summed E-state index contributed by atoms with van der Waals surface area (Å²) in [7, 11) is 2.19. The summed E-state index contributed by atoms with van der Waals surface area (Å²) in [6.07, 6.45) is 1.27. The monoisotopic (exact) mass is 204 g/mol. The van der Waals surface area contributed by atoms with Crippen molar-refractivity contribution in [3.8, 4) is 0 Å². The summed E-state index contributed by atoms with van der Waals surface area (Å²) in [6.45, 7) is 4.64. The summed E-state index contributed by atoms with van der Waals surface area (Å²) in [6, 6.07) is 11.8. The van der Waals surface area contributed by atoms with Crippen LogP contribution in [0, 0.1) is 0 Å². The Labute approximate surface area is 92.3 Å². The quantitative estimate of drug-likeness (QED) is 0.810. The molecule has 2 nitrogen and oxygen atoms in total. The number of likely N-dealkylation sites (tertiary alicyclic amines) is 1. The highest BCUT2D eigenvalue weighted by Crippen LogP contribution is 2.15. The molecule has 0 saturated carbocycles. The fourth-order valence-electron chi connectivity index (χ4n) is 2.26. The number of nitrogens with zero attached hydrogens (tertiary/aromatic N) is 1. The van der Waals surface area contributed by atoms with E-state index in [1.807, 2.05) is 0 Å². The highest BCUT2D eigenvalue weighted by molar-refractivity contribution is 5.18. The molecule has 0 amide bonds. The summed E-state index contributed by atoms with van der Waals surface area (Å²) in [4.78, 5) is 2.38. The molecule has 1 aliphatic heterocycles. The standard InChI is InChI=1S/C13H20N2/c1-11(12-6-4-3-5-7-12)14-13-8-9-15(2)10-13/h3-7,11,13-14H,8-10H2,1-2H3/t11-,13-/m1/s1. The molecule has 0 spiro atoms. The minimum absolute atomic E-state index is 0.461. The van der Waals surface area contributed by atoms with Crippen molar-refractivity contribution in [3.05, 3.63) is 35.9 Å². The lowest BCUT2D eigenvalue weighted by molar-refractivity contribution is 0.387. The first-order valence-corrected chi connectivity index (χ1v) is 5.75. The number of rotatable bonds is 3. The first kappa shape index (κ1) is 10.7. The maximum Gasteiger partial charge on any atom is 0.0294 e. The minimum atomic E-state index is 0.461. The zero-order valence-corrected chi connectivity index (χ0v) is 9.61. The Morgan fingerprint density at radius 2 is 2.07 bits per heavy atom. The van der Waals surface area contributed by atoms with Gasteiger partial charge in [0.05, 0.1) is 0 Å². The van der Waals surface area contributed by atoms with E-state index in [9.17, 15) is 0 Å². The zero-order chi connectivity index (χ0) is 10.7. The van der Waals surface area contributed by atoms with Gasteiger partial charge in [0, 0.05) is 18.6 Å². The van der Waals surface area contributed by atoms with Crippen LogP contribution in [0.2, 0.25) is 0 Å². The molecule has 1 aromatic rings. The molecule has 1 aromatic carbocycles. The highest BCUT2D eigenvalue weighted by atomic mass is 15.2. The fraction of sp³-hybridized carbons (Fsp3) is 0.538. The molecule has 1 fully saturated rings. The molecule has 1 heterocycles. The van der Waals surface area contributed by atoms with Gasteiger partial charge in [-0.15, -0.1) is 0 Å². The molecular weight excluding hydrogens is 184 g/mol. The summed E-state index contributed by atoms with van der Waals surface area (Å²) in [5.74, 6) is 0. The van der Waals surface area contributed by atoms with E-state index in [1.165, 1.54) is 25.1 Å². The molecule has 1 aliphatic rings. The third-order valence-electron chi connectivity index (χ3n) is 3.18. The maximum atomic E-state index is 3.68. The molecule has 0 aromatic heterocycles. The first-order chi connectivity index (χ1) is 7.25. The predicted molar refractivity (Wildman–Crippen MR) is 63.9 cm³/mol. The van der Waals surface area contributed by atoms with Crippen molar-refractivity contribution < 1.29 is 0 Å². The third-order valence-corrected chi connectivity index (χ3v) is 3.18.